The van der Waals surface area contributed by atoms with Crippen molar-refractivity contribution in [3.63, 3.8) is 0 Å². The highest BCUT2D eigenvalue weighted by Gasteiger charge is 2.38. The number of aryl methyl sites for hydroxylation is 1. The highest BCUT2D eigenvalue weighted by molar-refractivity contribution is 7.86. The van der Waals surface area contributed by atoms with E-state index in [1.54, 1.807) is 43.8 Å². The Kier molecular flexibility index (Phi) is 7.00. The van der Waals surface area contributed by atoms with Crippen molar-refractivity contribution < 1.29 is 32.0 Å². The van der Waals surface area contributed by atoms with Gasteiger partial charge >= 0.3 is 6.09 Å². The molecule has 12 heteroatoms. The lowest BCUT2D eigenvalue weighted by Gasteiger charge is -2.23. The number of hydrogen-bond acceptors (Lipinski definition) is 9. The van der Waals surface area contributed by atoms with E-state index >= 15 is 0 Å². The fourth-order valence-electron chi connectivity index (χ4n) is 3.75. The molecule has 0 aliphatic carbocycles. The van der Waals surface area contributed by atoms with Gasteiger partial charge in [0.25, 0.3) is 10.1 Å². The average Bonchev–Trinajstić information content (AvgIpc) is 3.27. The molecule has 0 bridgehead atoms. The Morgan fingerprint density at radius 2 is 1.97 bits per heavy atom. The van der Waals surface area contributed by atoms with Crippen molar-refractivity contribution in [1.82, 2.24) is 14.5 Å². The van der Waals surface area contributed by atoms with Crippen molar-refractivity contribution in [3.8, 4) is 0 Å². The van der Waals surface area contributed by atoms with E-state index in [0.717, 1.165) is 5.56 Å². The number of aliphatic hydroxyl groups excluding tert-OH is 1. The number of amides is 1. The Labute approximate surface area is 204 Å². The minimum atomic E-state index is -3.99. The summed E-state index contributed by atoms with van der Waals surface area (Å²) in [6, 6.07) is 6.31. The molecular formula is C23H30N4O7S. The summed E-state index contributed by atoms with van der Waals surface area (Å²) in [5.74, 6) is 0.502. The molecule has 1 fully saturated rings. The lowest BCUT2D eigenvalue weighted by atomic mass is 10.2. The third-order valence-electron chi connectivity index (χ3n) is 5.59. The Morgan fingerprint density at radius 3 is 2.66 bits per heavy atom. The van der Waals surface area contributed by atoms with Crippen molar-refractivity contribution in [2.45, 2.75) is 69.5 Å². The molecule has 0 radical (unpaired) electrons. The molecule has 11 nitrogen and oxygen atoms in total. The summed E-state index contributed by atoms with van der Waals surface area (Å²) in [5.41, 5.74) is 0.972. The van der Waals surface area contributed by atoms with Crippen LogP contribution in [0.25, 0.3) is 0 Å². The minimum absolute atomic E-state index is 0.0379. The molecule has 1 aromatic carbocycles. The van der Waals surface area contributed by atoms with Gasteiger partial charge in [0.2, 0.25) is 0 Å². The molecule has 1 N–H and O–H groups in total. The maximum atomic E-state index is 12.5. The van der Waals surface area contributed by atoms with Gasteiger partial charge in [0.1, 0.15) is 24.3 Å². The third kappa shape index (κ3) is 5.89. The van der Waals surface area contributed by atoms with Crippen molar-refractivity contribution in [2.75, 3.05) is 13.2 Å². The van der Waals surface area contributed by atoms with E-state index in [1.807, 2.05) is 6.92 Å². The number of carbonyl (C=O) groups excluding carboxylic acids is 1. The van der Waals surface area contributed by atoms with Gasteiger partial charge in [0.15, 0.2) is 5.82 Å². The third-order valence-corrected chi connectivity index (χ3v) is 6.89. The molecule has 1 saturated heterocycles. The quantitative estimate of drug-likeness (QED) is 0.612. The second-order valence-electron chi connectivity index (χ2n) is 9.57. The summed E-state index contributed by atoms with van der Waals surface area (Å²) in [5, 5.41) is 10.5. The van der Waals surface area contributed by atoms with E-state index < -0.39 is 40.2 Å². The second kappa shape index (κ2) is 9.69. The van der Waals surface area contributed by atoms with Crippen LogP contribution in [-0.2, 0) is 30.2 Å². The van der Waals surface area contributed by atoms with Crippen molar-refractivity contribution in [1.29, 1.82) is 0 Å². The highest BCUT2D eigenvalue weighted by atomic mass is 32.2. The number of rotatable bonds is 5. The molecule has 2 aliphatic heterocycles. The van der Waals surface area contributed by atoms with E-state index in [0.29, 0.717) is 24.5 Å². The molecule has 3 atom stereocenters. The number of fused-ring (bicyclic) bond motifs is 1. The first kappa shape index (κ1) is 25.3. The maximum absolute atomic E-state index is 12.5. The number of aromatic nitrogens is 2. The summed E-state index contributed by atoms with van der Waals surface area (Å²) in [7, 11) is -3.99. The Balaban J connectivity index is 1.42. The molecule has 35 heavy (non-hydrogen) atoms. The Morgan fingerprint density at radius 1 is 1.26 bits per heavy atom. The van der Waals surface area contributed by atoms with Crippen LogP contribution >= 0.6 is 0 Å². The molecule has 1 aromatic heterocycles. The molecule has 0 unspecified atom stereocenters. The first-order valence-electron chi connectivity index (χ1n) is 11.3. The monoisotopic (exact) mass is 506 g/mol. The van der Waals surface area contributed by atoms with E-state index in [4.69, 9.17) is 13.7 Å². The van der Waals surface area contributed by atoms with Crippen molar-refractivity contribution >= 4 is 28.4 Å². The number of hydrogen-bond donors (Lipinski definition) is 1. The Bertz CT molecular complexity index is 1200. The minimum Gasteiger partial charge on any atom is -0.443 e. The number of aliphatic imine (C=N–C) groups is 1. The van der Waals surface area contributed by atoms with Crippen LogP contribution in [0.5, 0.6) is 0 Å². The van der Waals surface area contributed by atoms with Gasteiger partial charge in [-0.25, -0.2) is 14.8 Å². The van der Waals surface area contributed by atoms with Crippen molar-refractivity contribution in [3.05, 3.63) is 41.9 Å². The van der Waals surface area contributed by atoms with Gasteiger partial charge in [0, 0.05) is 19.4 Å². The number of carbonyl (C=O) groups is 1. The zero-order valence-corrected chi connectivity index (χ0v) is 20.9. The van der Waals surface area contributed by atoms with Crippen LogP contribution in [0, 0.1) is 6.92 Å². The van der Waals surface area contributed by atoms with E-state index in [-0.39, 0.29) is 17.9 Å². The number of imidazole rings is 1. The topological polar surface area (TPSA) is 133 Å². The van der Waals surface area contributed by atoms with Gasteiger partial charge < -0.3 is 14.6 Å². The summed E-state index contributed by atoms with van der Waals surface area (Å²) in [6.45, 7) is 7.25. The van der Waals surface area contributed by atoms with Crippen LogP contribution < -0.4 is 0 Å². The van der Waals surface area contributed by atoms with E-state index in [9.17, 15) is 18.3 Å². The van der Waals surface area contributed by atoms with Gasteiger partial charge in [-0.1, -0.05) is 17.7 Å². The highest BCUT2D eigenvalue weighted by Crippen LogP contribution is 2.34. The zero-order valence-electron chi connectivity index (χ0n) is 20.1. The van der Waals surface area contributed by atoms with E-state index in [1.165, 1.54) is 23.4 Å². The predicted octanol–water partition coefficient (Wildman–Crippen LogP) is 2.70. The SMILES string of the molecule is Cc1ccc(S(=O)(=O)OC[C@H]2O[C@@H](n3cnc4c3N=CN(C(=O)OC(C)(C)C)CC4)C[C@H]2O)cc1. The lowest BCUT2D eigenvalue weighted by Crippen LogP contribution is -2.36. The van der Waals surface area contributed by atoms with Crippen LogP contribution in [-0.4, -0.2) is 71.4 Å². The van der Waals surface area contributed by atoms with Gasteiger partial charge in [-0.05, 0) is 39.8 Å². The molecule has 3 heterocycles. The number of aliphatic hydroxyl groups is 1. The largest absolute Gasteiger partial charge is 0.443 e. The van der Waals surface area contributed by atoms with Crippen LogP contribution in [0.1, 0.15) is 44.7 Å². The Hall–Kier alpha value is -2.80. The summed E-state index contributed by atoms with van der Waals surface area (Å²) >= 11 is 0. The average molecular weight is 507 g/mol. The molecule has 0 spiro atoms. The van der Waals surface area contributed by atoms with Gasteiger partial charge in [0.05, 0.1) is 29.6 Å². The molecule has 2 aliphatic rings. The van der Waals surface area contributed by atoms with Gasteiger partial charge in [-0.15, -0.1) is 0 Å². The maximum Gasteiger partial charge on any atom is 0.415 e. The zero-order chi connectivity index (χ0) is 25.4. The van der Waals surface area contributed by atoms with Crippen LogP contribution in [0.4, 0.5) is 10.6 Å². The van der Waals surface area contributed by atoms with Crippen LogP contribution in [0.2, 0.25) is 0 Å². The molecule has 1 amide bonds. The summed E-state index contributed by atoms with van der Waals surface area (Å²) in [6.07, 6.45) is 0.697. The predicted molar refractivity (Wildman–Crippen MR) is 126 cm³/mol. The lowest BCUT2D eigenvalue weighted by molar-refractivity contribution is -0.0377. The molecule has 190 valence electrons. The molecular weight excluding hydrogens is 476 g/mol. The van der Waals surface area contributed by atoms with Gasteiger partial charge in [-0.3, -0.25) is 13.7 Å². The normalized spacial score (nSPS) is 22.7. The standard InChI is InChI=1S/C23H30N4O7S/c1-15-5-7-16(8-6-15)35(30,31)32-12-19-18(28)11-20(33-19)27-14-24-17-9-10-26(13-25-21(17)27)22(29)34-23(2,3)4/h5-8,13-14,18-20,28H,9-12H2,1-4H3/t18-,19-,20-/m1/s1. The number of benzene rings is 1. The first-order valence-corrected chi connectivity index (χ1v) is 12.7. The molecule has 2 aromatic rings. The second-order valence-corrected chi connectivity index (χ2v) is 11.2. The van der Waals surface area contributed by atoms with Gasteiger partial charge in [-0.2, -0.15) is 8.42 Å². The summed E-state index contributed by atoms with van der Waals surface area (Å²) < 4.78 is 43.1. The van der Waals surface area contributed by atoms with Crippen LogP contribution in [0.3, 0.4) is 0 Å². The smallest absolute Gasteiger partial charge is 0.415 e. The molecule has 4 rings (SSSR count). The first-order chi connectivity index (χ1) is 16.4. The fraction of sp³-hybridized carbons (Fsp3) is 0.522. The number of ether oxygens (including phenoxy) is 2. The van der Waals surface area contributed by atoms with Crippen molar-refractivity contribution in [2.24, 2.45) is 4.99 Å². The van der Waals surface area contributed by atoms with Crippen LogP contribution in [0.15, 0.2) is 40.5 Å². The number of nitrogens with zero attached hydrogens (tertiary/aromatic N) is 4. The molecule has 0 saturated carbocycles. The fourth-order valence-corrected chi connectivity index (χ4v) is 4.67. The summed E-state index contributed by atoms with van der Waals surface area (Å²) in [4.78, 5) is 22.6. The van der Waals surface area contributed by atoms with E-state index in [2.05, 4.69) is 9.98 Å².